The van der Waals surface area contributed by atoms with Crippen molar-refractivity contribution in [2.45, 2.75) is 38.8 Å². The third-order valence-corrected chi connectivity index (χ3v) is 5.82. The minimum atomic E-state index is 0.0840. The van der Waals surface area contributed by atoms with Crippen LogP contribution in [0.4, 0.5) is 4.79 Å². The summed E-state index contributed by atoms with van der Waals surface area (Å²) in [4.78, 5) is 19.3. The standard InChI is InChI=1S/C21H34N4O2/c1-18-6-3-4-10-24(18)11-9-22-21(26)25-14-12-23(13-15-25)17-19-7-5-8-20(16-19)27-2/h5,7-8,16,18H,3-4,6,9-15,17H2,1-2H3,(H,22,26)/t18-/m0/s1. The van der Waals surface area contributed by atoms with Crippen LogP contribution in [-0.4, -0.2) is 79.7 Å². The molecule has 1 atom stereocenters. The third kappa shape index (κ3) is 5.84. The number of likely N-dealkylation sites (tertiary alicyclic amines) is 1. The molecule has 0 aromatic heterocycles. The van der Waals surface area contributed by atoms with Crippen LogP contribution in [0.15, 0.2) is 24.3 Å². The summed E-state index contributed by atoms with van der Waals surface area (Å²) in [7, 11) is 1.70. The lowest BCUT2D eigenvalue weighted by Crippen LogP contribution is -2.52. The van der Waals surface area contributed by atoms with E-state index in [9.17, 15) is 4.79 Å². The van der Waals surface area contributed by atoms with Crippen molar-refractivity contribution in [1.82, 2.24) is 20.0 Å². The maximum atomic E-state index is 12.4. The van der Waals surface area contributed by atoms with Gasteiger partial charge in [0.15, 0.2) is 0 Å². The predicted octanol–water partition coefficient (Wildman–Crippen LogP) is 2.40. The molecule has 0 radical (unpaired) electrons. The largest absolute Gasteiger partial charge is 0.497 e. The molecule has 2 aliphatic rings. The molecule has 0 aliphatic carbocycles. The molecule has 1 aromatic rings. The molecular weight excluding hydrogens is 340 g/mol. The van der Waals surface area contributed by atoms with E-state index in [0.717, 1.165) is 51.6 Å². The fourth-order valence-electron chi connectivity index (χ4n) is 4.05. The summed E-state index contributed by atoms with van der Waals surface area (Å²) >= 11 is 0. The first kappa shape index (κ1) is 20.0. The highest BCUT2D eigenvalue weighted by atomic mass is 16.5. The lowest BCUT2D eigenvalue weighted by atomic mass is 10.0. The number of ether oxygens (including phenoxy) is 1. The normalized spacial score (nSPS) is 21.9. The van der Waals surface area contributed by atoms with Gasteiger partial charge in [0.25, 0.3) is 0 Å². The number of amides is 2. The molecule has 0 saturated carbocycles. The van der Waals surface area contributed by atoms with Gasteiger partial charge in [-0.1, -0.05) is 18.6 Å². The van der Waals surface area contributed by atoms with E-state index in [0.29, 0.717) is 6.04 Å². The van der Waals surface area contributed by atoms with Crippen molar-refractivity contribution in [3.63, 3.8) is 0 Å². The van der Waals surface area contributed by atoms with Gasteiger partial charge in [-0.25, -0.2) is 4.79 Å². The average molecular weight is 375 g/mol. The molecule has 2 amide bonds. The summed E-state index contributed by atoms with van der Waals surface area (Å²) in [5, 5.41) is 3.11. The molecule has 2 heterocycles. The molecule has 150 valence electrons. The van der Waals surface area contributed by atoms with Crippen molar-refractivity contribution in [2.75, 3.05) is 52.9 Å². The van der Waals surface area contributed by atoms with Gasteiger partial charge in [-0.05, 0) is 44.0 Å². The Balaban J connectivity index is 1.36. The number of nitrogens with one attached hydrogen (secondary N) is 1. The fourth-order valence-corrected chi connectivity index (χ4v) is 4.05. The van der Waals surface area contributed by atoms with E-state index in [1.165, 1.54) is 31.4 Å². The Hall–Kier alpha value is -1.79. The molecule has 1 aromatic carbocycles. The molecule has 3 rings (SSSR count). The van der Waals surface area contributed by atoms with Crippen LogP contribution >= 0.6 is 0 Å². The van der Waals surface area contributed by atoms with Crippen LogP contribution in [0.2, 0.25) is 0 Å². The number of piperidine rings is 1. The van der Waals surface area contributed by atoms with Gasteiger partial charge in [0.2, 0.25) is 0 Å². The Morgan fingerprint density at radius 1 is 1.19 bits per heavy atom. The maximum absolute atomic E-state index is 12.4. The van der Waals surface area contributed by atoms with Gasteiger partial charge in [-0.2, -0.15) is 0 Å². The van der Waals surface area contributed by atoms with Crippen molar-refractivity contribution in [2.24, 2.45) is 0 Å². The molecule has 27 heavy (non-hydrogen) atoms. The SMILES string of the molecule is COc1cccc(CN2CCN(C(=O)NCCN3CCCC[C@@H]3C)CC2)c1. The van der Waals surface area contributed by atoms with E-state index in [2.05, 4.69) is 34.2 Å². The number of carbonyl (C=O) groups is 1. The molecule has 0 unspecified atom stereocenters. The number of nitrogens with zero attached hydrogens (tertiary/aromatic N) is 3. The van der Waals surface area contributed by atoms with E-state index in [4.69, 9.17) is 4.74 Å². The van der Waals surface area contributed by atoms with Crippen LogP contribution in [0.5, 0.6) is 5.75 Å². The third-order valence-electron chi connectivity index (χ3n) is 5.82. The van der Waals surface area contributed by atoms with Crippen LogP contribution in [0.25, 0.3) is 0 Å². The van der Waals surface area contributed by atoms with E-state index in [-0.39, 0.29) is 6.03 Å². The highest BCUT2D eigenvalue weighted by molar-refractivity contribution is 5.74. The average Bonchev–Trinajstić information content (AvgIpc) is 2.70. The second-order valence-corrected chi connectivity index (χ2v) is 7.73. The molecule has 2 aliphatic heterocycles. The summed E-state index contributed by atoms with van der Waals surface area (Å²) < 4.78 is 5.30. The number of benzene rings is 1. The van der Waals surface area contributed by atoms with Crippen LogP contribution in [-0.2, 0) is 6.54 Å². The summed E-state index contributed by atoms with van der Waals surface area (Å²) in [6.07, 6.45) is 3.90. The van der Waals surface area contributed by atoms with E-state index in [1.54, 1.807) is 7.11 Å². The first-order chi connectivity index (χ1) is 13.2. The molecule has 1 N–H and O–H groups in total. The van der Waals surface area contributed by atoms with E-state index in [1.807, 2.05) is 17.0 Å². The predicted molar refractivity (Wildman–Crippen MR) is 108 cm³/mol. The molecule has 6 nitrogen and oxygen atoms in total. The molecular formula is C21H34N4O2. The summed E-state index contributed by atoms with van der Waals surface area (Å²) in [5.41, 5.74) is 1.25. The number of hydrogen-bond donors (Lipinski definition) is 1. The van der Waals surface area contributed by atoms with Crippen molar-refractivity contribution in [3.05, 3.63) is 29.8 Å². The Morgan fingerprint density at radius 2 is 2.00 bits per heavy atom. The Morgan fingerprint density at radius 3 is 2.74 bits per heavy atom. The first-order valence-corrected chi connectivity index (χ1v) is 10.3. The van der Waals surface area contributed by atoms with Gasteiger partial charge < -0.3 is 15.0 Å². The topological polar surface area (TPSA) is 48.1 Å². The monoisotopic (exact) mass is 374 g/mol. The highest BCUT2D eigenvalue weighted by Crippen LogP contribution is 2.16. The molecule has 0 bridgehead atoms. The summed E-state index contributed by atoms with van der Waals surface area (Å²) in [6, 6.07) is 8.94. The molecule has 2 saturated heterocycles. The van der Waals surface area contributed by atoms with Gasteiger partial charge in [0.05, 0.1) is 7.11 Å². The number of methoxy groups -OCH3 is 1. The molecule has 0 spiro atoms. The number of rotatable bonds is 6. The summed E-state index contributed by atoms with van der Waals surface area (Å²) in [5.74, 6) is 0.897. The van der Waals surface area contributed by atoms with Gasteiger partial charge in [0, 0.05) is 51.9 Å². The number of urea groups is 1. The zero-order valence-electron chi connectivity index (χ0n) is 16.8. The zero-order valence-corrected chi connectivity index (χ0v) is 16.8. The van der Waals surface area contributed by atoms with Crippen LogP contribution < -0.4 is 10.1 Å². The van der Waals surface area contributed by atoms with Gasteiger partial charge in [-0.3, -0.25) is 9.80 Å². The minimum Gasteiger partial charge on any atom is -0.497 e. The van der Waals surface area contributed by atoms with Gasteiger partial charge in [-0.15, -0.1) is 0 Å². The molecule has 6 heteroatoms. The van der Waals surface area contributed by atoms with Gasteiger partial charge >= 0.3 is 6.03 Å². The summed E-state index contributed by atoms with van der Waals surface area (Å²) in [6.45, 7) is 9.46. The highest BCUT2D eigenvalue weighted by Gasteiger charge is 2.22. The quantitative estimate of drug-likeness (QED) is 0.831. The number of carbonyl (C=O) groups excluding carboxylic acids is 1. The van der Waals surface area contributed by atoms with Crippen molar-refractivity contribution in [1.29, 1.82) is 0 Å². The first-order valence-electron chi connectivity index (χ1n) is 10.3. The van der Waals surface area contributed by atoms with Crippen molar-refractivity contribution in [3.8, 4) is 5.75 Å². The second kappa shape index (κ2) is 9.95. The number of piperazine rings is 1. The fraction of sp³-hybridized carbons (Fsp3) is 0.667. The van der Waals surface area contributed by atoms with Crippen molar-refractivity contribution < 1.29 is 9.53 Å². The Kier molecular flexibility index (Phi) is 7.35. The van der Waals surface area contributed by atoms with Crippen LogP contribution in [0.1, 0.15) is 31.7 Å². The Labute approximate surface area is 163 Å². The van der Waals surface area contributed by atoms with Gasteiger partial charge in [0.1, 0.15) is 5.75 Å². The lowest BCUT2D eigenvalue weighted by Gasteiger charge is -2.35. The zero-order chi connectivity index (χ0) is 19.1. The minimum absolute atomic E-state index is 0.0840. The second-order valence-electron chi connectivity index (χ2n) is 7.73. The van der Waals surface area contributed by atoms with E-state index < -0.39 is 0 Å². The smallest absolute Gasteiger partial charge is 0.317 e. The van der Waals surface area contributed by atoms with Crippen LogP contribution in [0.3, 0.4) is 0 Å². The number of hydrogen-bond acceptors (Lipinski definition) is 4. The maximum Gasteiger partial charge on any atom is 0.317 e. The Bertz CT molecular complexity index is 602. The van der Waals surface area contributed by atoms with Crippen molar-refractivity contribution >= 4 is 6.03 Å². The molecule has 2 fully saturated rings. The lowest BCUT2D eigenvalue weighted by molar-refractivity contribution is 0.131. The van der Waals surface area contributed by atoms with Crippen LogP contribution in [0, 0.1) is 0 Å². The van der Waals surface area contributed by atoms with E-state index >= 15 is 0 Å².